The highest BCUT2D eigenvalue weighted by molar-refractivity contribution is 5.96. The van der Waals surface area contributed by atoms with Crippen LogP contribution in [0.3, 0.4) is 0 Å². The fourth-order valence-electron chi connectivity index (χ4n) is 2.44. The molecule has 0 atom stereocenters. The number of hydrogen-bond acceptors (Lipinski definition) is 3. The lowest BCUT2D eigenvalue weighted by atomic mass is 9.97. The number of rotatable bonds is 4. The Labute approximate surface area is 108 Å². The minimum absolute atomic E-state index is 0.195. The first-order chi connectivity index (χ1) is 8.74. The Kier molecular flexibility index (Phi) is 4.37. The first-order valence-corrected chi connectivity index (χ1v) is 6.73. The fourth-order valence-corrected chi connectivity index (χ4v) is 2.44. The molecule has 1 heterocycles. The zero-order valence-corrected chi connectivity index (χ0v) is 10.9. The van der Waals surface area contributed by atoms with Crippen LogP contribution in [0, 0.1) is 5.92 Å². The van der Waals surface area contributed by atoms with Gasteiger partial charge in [-0.1, -0.05) is 6.92 Å². The summed E-state index contributed by atoms with van der Waals surface area (Å²) in [7, 11) is 0. The number of aliphatic hydroxyl groups is 1. The van der Waals surface area contributed by atoms with Crippen molar-refractivity contribution >= 4 is 11.5 Å². The van der Waals surface area contributed by atoms with Crippen LogP contribution in [0.5, 0.6) is 0 Å². The molecule has 0 aliphatic carbocycles. The van der Waals surface area contributed by atoms with Crippen LogP contribution in [0.25, 0.3) is 0 Å². The zero-order valence-electron chi connectivity index (χ0n) is 10.9. The van der Waals surface area contributed by atoms with Gasteiger partial charge in [0.15, 0.2) is 5.78 Å². The molecule has 0 bridgehead atoms. The highest BCUT2D eigenvalue weighted by Gasteiger charge is 2.18. The highest BCUT2D eigenvalue weighted by atomic mass is 16.3. The minimum Gasteiger partial charge on any atom is -0.396 e. The molecule has 3 nitrogen and oxygen atoms in total. The van der Waals surface area contributed by atoms with E-state index >= 15 is 0 Å². The molecular weight excluding hydrogens is 226 g/mol. The van der Waals surface area contributed by atoms with E-state index in [1.165, 1.54) is 5.69 Å². The number of anilines is 1. The van der Waals surface area contributed by atoms with Crippen molar-refractivity contribution in [3.05, 3.63) is 29.8 Å². The Morgan fingerprint density at radius 3 is 2.39 bits per heavy atom. The van der Waals surface area contributed by atoms with Gasteiger partial charge in [-0.05, 0) is 43.0 Å². The average Bonchev–Trinajstić information content (AvgIpc) is 2.47. The molecule has 0 unspecified atom stereocenters. The number of nitrogens with zero attached hydrogens (tertiary/aromatic N) is 1. The maximum Gasteiger partial charge on any atom is 0.162 e. The molecule has 1 aliphatic heterocycles. The molecule has 0 spiro atoms. The molecule has 0 radical (unpaired) electrons. The van der Waals surface area contributed by atoms with E-state index in [0.717, 1.165) is 31.5 Å². The maximum absolute atomic E-state index is 11.5. The molecule has 1 saturated heterocycles. The fraction of sp³-hybridized carbons (Fsp3) is 0.533. The molecular formula is C15H21NO2. The van der Waals surface area contributed by atoms with Crippen LogP contribution in [0.4, 0.5) is 5.69 Å². The van der Waals surface area contributed by atoms with Gasteiger partial charge in [0.1, 0.15) is 0 Å². The summed E-state index contributed by atoms with van der Waals surface area (Å²) in [6, 6.07) is 7.89. The maximum atomic E-state index is 11.5. The van der Waals surface area contributed by atoms with Crippen molar-refractivity contribution in [1.29, 1.82) is 0 Å². The second-order valence-electron chi connectivity index (χ2n) is 4.94. The number of Topliss-reactive ketones (excluding diaryl/α,β-unsaturated/α-hetero) is 1. The van der Waals surface area contributed by atoms with Gasteiger partial charge in [0, 0.05) is 37.4 Å². The molecule has 1 aromatic rings. The van der Waals surface area contributed by atoms with Gasteiger partial charge in [-0.15, -0.1) is 0 Å². The molecule has 0 saturated carbocycles. The van der Waals surface area contributed by atoms with Crippen LogP contribution in [0.15, 0.2) is 24.3 Å². The highest BCUT2D eigenvalue weighted by Crippen LogP contribution is 2.23. The lowest BCUT2D eigenvalue weighted by Gasteiger charge is -2.32. The average molecular weight is 247 g/mol. The molecule has 1 fully saturated rings. The second-order valence-corrected chi connectivity index (χ2v) is 4.94. The summed E-state index contributed by atoms with van der Waals surface area (Å²) < 4.78 is 0. The third-order valence-corrected chi connectivity index (χ3v) is 3.75. The standard InChI is InChI=1S/C15H21NO2/c1-2-15(18)13-3-5-14(6-4-13)16-9-7-12(11-17)8-10-16/h3-6,12,17H,2,7-11H2,1H3. The topological polar surface area (TPSA) is 40.5 Å². The zero-order chi connectivity index (χ0) is 13.0. The van der Waals surface area contributed by atoms with Crippen molar-refractivity contribution in [3.8, 4) is 0 Å². The first kappa shape index (κ1) is 13.1. The van der Waals surface area contributed by atoms with Gasteiger partial charge in [0.05, 0.1) is 0 Å². The molecule has 0 amide bonds. The Morgan fingerprint density at radius 2 is 1.89 bits per heavy atom. The molecule has 98 valence electrons. The summed E-state index contributed by atoms with van der Waals surface area (Å²) >= 11 is 0. The van der Waals surface area contributed by atoms with Crippen molar-refractivity contribution in [2.24, 2.45) is 5.92 Å². The molecule has 2 rings (SSSR count). The van der Waals surface area contributed by atoms with Gasteiger partial charge < -0.3 is 10.0 Å². The van der Waals surface area contributed by atoms with Crippen LogP contribution < -0.4 is 4.90 Å². The molecule has 1 aliphatic rings. The monoisotopic (exact) mass is 247 g/mol. The predicted octanol–water partition coefficient (Wildman–Crippen LogP) is 2.49. The minimum atomic E-state index is 0.195. The van der Waals surface area contributed by atoms with E-state index in [-0.39, 0.29) is 5.78 Å². The van der Waals surface area contributed by atoms with Crippen LogP contribution in [0.1, 0.15) is 36.5 Å². The number of aliphatic hydroxyl groups excluding tert-OH is 1. The third kappa shape index (κ3) is 2.91. The van der Waals surface area contributed by atoms with Gasteiger partial charge in [-0.3, -0.25) is 4.79 Å². The number of hydrogen-bond donors (Lipinski definition) is 1. The molecule has 1 aromatic carbocycles. The van der Waals surface area contributed by atoms with E-state index in [1.807, 2.05) is 31.2 Å². The van der Waals surface area contributed by atoms with Crippen molar-refractivity contribution in [3.63, 3.8) is 0 Å². The molecule has 18 heavy (non-hydrogen) atoms. The van der Waals surface area contributed by atoms with Crippen LogP contribution in [0.2, 0.25) is 0 Å². The van der Waals surface area contributed by atoms with Crippen molar-refractivity contribution < 1.29 is 9.90 Å². The Morgan fingerprint density at radius 1 is 1.28 bits per heavy atom. The van der Waals surface area contributed by atoms with Crippen LogP contribution in [-0.4, -0.2) is 30.6 Å². The van der Waals surface area contributed by atoms with Gasteiger partial charge in [0.2, 0.25) is 0 Å². The van der Waals surface area contributed by atoms with Gasteiger partial charge in [-0.2, -0.15) is 0 Å². The van der Waals surface area contributed by atoms with Crippen molar-refractivity contribution in [2.75, 3.05) is 24.6 Å². The van der Waals surface area contributed by atoms with Gasteiger partial charge in [-0.25, -0.2) is 0 Å². The smallest absolute Gasteiger partial charge is 0.162 e. The Balaban J connectivity index is 2.00. The third-order valence-electron chi connectivity index (χ3n) is 3.75. The summed E-state index contributed by atoms with van der Waals surface area (Å²) in [5.74, 6) is 0.655. The molecule has 1 N–H and O–H groups in total. The first-order valence-electron chi connectivity index (χ1n) is 6.73. The van der Waals surface area contributed by atoms with Gasteiger partial charge >= 0.3 is 0 Å². The number of piperidine rings is 1. The van der Waals surface area contributed by atoms with E-state index < -0.39 is 0 Å². The summed E-state index contributed by atoms with van der Waals surface area (Å²) in [5.41, 5.74) is 1.98. The summed E-state index contributed by atoms with van der Waals surface area (Å²) in [6.07, 6.45) is 2.65. The van der Waals surface area contributed by atoms with Crippen molar-refractivity contribution in [1.82, 2.24) is 0 Å². The van der Waals surface area contributed by atoms with Crippen LogP contribution in [-0.2, 0) is 0 Å². The normalized spacial score (nSPS) is 16.9. The lowest BCUT2D eigenvalue weighted by molar-refractivity contribution is 0.0988. The van der Waals surface area contributed by atoms with Gasteiger partial charge in [0.25, 0.3) is 0 Å². The van der Waals surface area contributed by atoms with E-state index in [9.17, 15) is 4.79 Å². The number of benzene rings is 1. The quantitative estimate of drug-likeness (QED) is 0.831. The van der Waals surface area contributed by atoms with E-state index in [1.54, 1.807) is 0 Å². The second kappa shape index (κ2) is 6.01. The van der Waals surface area contributed by atoms with E-state index in [2.05, 4.69) is 4.90 Å². The summed E-state index contributed by atoms with van der Waals surface area (Å²) in [5, 5.41) is 9.12. The summed E-state index contributed by atoms with van der Waals surface area (Å²) in [4.78, 5) is 13.9. The Bertz CT molecular complexity index is 391. The summed E-state index contributed by atoms with van der Waals surface area (Å²) in [6.45, 7) is 4.17. The Hall–Kier alpha value is -1.35. The lowest BCUT2D eigenvalue weighted by Crippen LogP contribution is -2.34. The molecule has 3 heteroatoms. The van der Waals surface area contributed by atoms with E-state index in [0.29, 0.717) is 18.9 Å². The number of carbonyl (C=O) groups excluding carboxylic acids is 1. The van der Waals surface area contributed by atoms with E-state index in [4.69, 9.17) is 5.11 Å². The SMILES string of the molecule is CCC(=O)c1ccc(N2CCC(CO)CC2)cc1. The number of carbonyl (C=O) groups is 1. The predicted molar refractivity (Wildman–Crippen MR) is 73.1 cm³/mol. The van der Waals surface area contributed by atoms with Crippen molar-refractivity contribution in [2.45, 2.75) is 26.2 Å². The largest absolute Gasteiger partial charge is 0.396 e. The molecule has 0 aromatic heterocycles. The van der Waals surface area contributed by atoms with Crippen LogP contribution >= 0.6 is 0 Å². The number of ketones is 1.